The maximum Gasteiger partial charge on any atom is 0.119 e. The molecular weight excluding hydrogens is 212 g/mol. The fourth-order valence-corrected chi connectivity index (χ4v) is 1.52. The minimum Gasteiger partial charge on any atom is -0.494 e. The van der Waals surface area contributed by atoms with Crippen LogP contribution in [0.5, 0.6) is 5.75 Å². The van der Waals surface area contributed by atoms with Gasteiger partial charge in [0, 0.05) is 13.1 Å². The summed E-state index contributed by atoms with van der Waals surface area (Å²) < 4.78 is 5.66. The van der Waals surface area contributed by atoms with Crippen LogP contribution in [-0.4, -0.2) is 45.2 Å². The van der Waals surface area contributed by atoms with Gasteiger partial charge in [0.15, 0.2) is 0 Å². The summed E-state index contributed by atoms with van der Waals surface area (Å²) in [6, 6.07) is 8.18. The first-order chi connectivity index (χ1) is 8.18. The third-order valence-corrected chi connectivity index (χ3v) is 2.49. The van der Waals surface area contributed by atoms with E-state index >= 15 is 0 Å². The molecule has 0 spiro atoms. The number of benzene rings is 1. The minimum absolute atomic E-state index is 0.776. The minimum atomic E-state index is 0.776. The van der Waals surface area contributed by atoms with Gasteiger partial charge in [0.2, 0.25) is 0 Å². The molecule has 0 amide bonds. The van der Waals surface area contributed by atoms with Crippen molar-refractivity contribution in [1.29, 1.82) is 0 Å². The monoisotopic (exact) mass is 236 g/mol. The van der Waals surface area contributed by atoms with Crippen LogP contribution in [0.2, 0.25) is 0 Å². The van der Waals surface area contributed by atoms with E-state index in [0.29, 0.717) is 0 Å². The Hall–Kier alpha value is -1.06. The molecule has 0 saturated carbocycles. The van der Waals surface area contributed by atoms with E-state index in [2.05, 4.69) is 43.4 Å². The van der Waals surface area contributed by atoms with Crippen LogP contribution in [-0.2, 0) is 0 Å². The molecule has 3 nitrogen and oxygen atoms in total. The van der Waals surface area contributed by atoms with Gasteiger partial charge in [-0.3, -0.25) is 0 Å². The average Bonchev–Trinajstić information content (AvgIpc) is 2.27. The quantitative estimate of drug-likeness (QED) is 0.698. The van der Waals surface area contributed by atoms with Crippen LogP contribution in [0.3, 0.4) is 0 Å². The van der Waals surface area contributed by atoms with Gasteiger partial charge in [-0.2, -0.15) is 0 Å². The zero-order valence-corrected chi connectivity index (χ0v) is 11.2. The van der Waals surface area contributed by atoms with Crippen LogP contribution < -0.4 is 10.1 Å². The van der Waals surface area contributed by atoms with Gasteiger partial charge in [0.25, 0.3) is 0 Å². The number of nitrogens with one attached hydrogen (secondary N) is 1. The Morgan fingerprint density at radius 2 is 2.06 bits per heavy atom. The van der Waals surface area contributed by atoms with Crippen LogP contribution >= 0.6 is 0 Å². The number of hydrogen-bond donors (Lipinski definition) is 1. The van der Waals surface area contributed by atoms with Crippen LogP contribution in [0.1, 0.15) is 12.0 Å². The van der Waals surface area contributed by atoms with Gasteiger partial charge in [0.1, 0.15) is 5.75 Å². The molecule has 0 unspecified atom stereocenters. The first-order valence-electron chi connectivity index (χ1n) is 6.23. The van der Waals surface area contributed by atoms with E-state index < -0.39 is 0 Å². The summed E-state index contributed by atoms with van der Waals surface area (Å²) in [4.78, 5) is 2.18. The second-order valence-electron chi connectivity index (χ2n) is 4.57. The summed E-state index contributed by atoms with van der Waals surface area (Å²) in [6.07, 6.45) is 1.04. The van der Waals surface area contributed by atoms with Crippen molar-refractivity contribution in [3.05, 3.63) is 29.8 Å². The largest absolute Gasteiger partial charge is 0.494 e. The highest BCUT2D eigenvalue weighted by Crippen LogP contribution is 2.12. The molecule has 1 rings (SSSR count). The fraction of sp³-hybridized carbons (Fsp3) is 0.571. The lowest BCUT2D eigenvalue weighted by Gasteiger charge is -2.10. The lowest BCUT2D eigenvalue weighted by Crippen LogP contribution is -2.27. The van der Waals surface area contributed by atoms with Crippen LogP contribution in [0.25, 0.3) is 0 Å². The van der Waals surface area contributed by atoms with Gasteiger partial charge in [0.05, 0.1) is 6.61 Å². The molecule has 0 fully saturated rings. The summed E-state index contributed by atoms with van der Waals surface area (Å²) in [5, 5.41) is 3.39. The molecule has 1 aromatic carbocycles. The van der Waals surface area contributed by atoms with Crippen molar-refractivity contribution >= 4 is 0 Å². The summed E-state index contributed by atoms with van der Waals surface area (Å²) in [7, 11) is 4.17. The molecule has 1 N–H and O–H groups in total. The van der Waals surface area contributed by atoms with Crippen LogP contribution in [0, 0.1) is 6.92 Å². The van der Waals surface area contributed by atoms with Gasteiger partial charge >= 0.3 is 0 Å². The van der Waals surface area contributed by atoms with E-state index in [1.807, 2.05) is 12.1 Å². The van der Waals surface area contributed by atoms with E-state index in [1.165, 1.54) is 5.56 Å². The number of rotatable bonds is 8. The summed E-state index contributed by atoms with van der Waals surface area (Å²) in [6.45, 7) is 5.99. The zero-order valence-electron chi connectivity index (χ0n) is 11.2. The molecule has 0 bridgehead atoms. The summed E-state index contributed by atoms with van der Waals surface area (Å²) in [5.74, 6) is 0.971. The molecule has 0 aromatic heterocycles. The van der Waals surface area contributed by atoms with E-state index in [0.717, 1.165) is 38.4 Å². The van der Waals surface area contributed by atoms with Crippen molar-refractivity contribution < 1.29 is 4.74 Å². The van der Waals surface area contributed by atoms with Gasteiger partial charge in [-0.1, -0.05) is 12.1 Å². The molecule has 0 aliphatic carbocycles. The van der Waals surface area contributed by atoms with E-state index in [-0.39, 0.29) is 0 Å². The smallest absolute Gasteiger partial charge is 0.119 e. The third-order valence-electron chi connectivity index (χ3n) is 2.49. The van der Waals surface area contributed by atoms with E-state index in [4.69, 9.17) is 4.74 Å². The SMILES string of the molecule is Cc1cccc(OCCCNCCN(C)C)c1. The van der Waals surface area contributed by atoms with Crippen molar-refractivity contribution in [2.45, 2.75) is 13.3 Å². The maximum atomic E-state index is 5.66. The lowest BCUT2D eigenvalue weighted by atomic mass is 10.2. The average molecular weight is 236 g/mol. The first kappa shape index (κ1) is 14.0. The molecule has 0 aliphatic rings. The first-order valence-corrected chi connectivity index (χ1v) is 6.23. The molecule has 0 saturated heterocycles. The predicted octanol–water partition coefficient (Wildman–Crippen LogP) is 1.92. The fourth-order valence-electron chi connectivity index (χ4n) is 1.52. The predicted molar refractivity (Wildman–Crippen MR) is 72.7 cm³/mol. The molecule has 17 heavy (non-hydrogen) atoms. The number of hydrogen-bond acceptors (Lipinski definition) is 3. The van der Waals surface area contributed by atoms with Crippen molar-refractivity contribution in [2.75, 3.05) is 40.3 Å². The second-order valence-corrected chi connectivity index (χ2v) is 4.57. The third kappa shape index (κ3) is 6.97. The van der Waals surface area contributed by atoms with Crippen molar-refractivity contribution in [1.82, 2.24) is 10.2 Å². The number of ether oxygens (including phenoxy) is 1. The molecule has 0 radical (unpaired) electrons. The van der Waals surface area contributed by atoms with Crippen molar-refractivity contribution in [2.24, 2.45) is 0 Å². The van der Waals surface area contributed by atoms with Gasteiger partial charge in [-0.25, -0.2) is 0 Å². The highest BCUT2D eigenvalue weighted by molar-refractivity contribution is 5.27. The number of likely N-dealkylation sites (N-methyl/N-ethyl adjacent to an activating group) is 1. The Balaban J connectivity index is 2.01. The molecule has 3 heteroatoms. The Kier molecular flexibility index (Phi) is 6.67. The van der Waals surface area contributed by atoms with E-state index in [9.17, 15) is 0 Å². The Morgan fingerprint density at radius 1 is 1.24 bits per heavy atom. The molecule has 1 aromatic rings. The molecule has 0 aliphatic heterocycles. The highest BCUT2D eigenvalue weighted by Gasteiger charge is 1.94. The Bertz CT molecular complexity index is 313. The molecule has 96 valence electrons. The second kappa shape index (κ2) is 8.09. The number of aryl methyl sites for hydroxylation is 1. The van der Waals surface area contributed by atoms with Gasteiger partial charge in [-0.05, 0) is 51.7 Å². The van der Waals surface area contributed by atoms with Crippen LogP contribution in [0.15, 0.2) is 24.3 Å². The molecular formula is C14H24N2O. The maximum absolute atomic E-state index is 5.66. The van der Waals surface area contributed by atoms with E-state index in [1.54, 1.807) is 0 Å². The van der Waals surface area contributed by atoms with Crippen molar-refractivity contribution in [3.63, 3.8) is 0 Å². The summed E-state index contributed by atoms with van der Waals surface area (Å²) >= 11 is 0. The van der Waals surface area contributed by atoms with Crippen LogP contribution in [0.4, 0.5) is 0 Å². The van der Waals surface area contributed by atoms with Gasteiger partial charge < -0.3 is 15.0 Å². The molecule has 0 atom stereocenters. The normalized spacial score (nSPS) is 10.8. The standard InChI is InChI=1S/C14H24N2O/c1-13-6-4-7-14(12-13)17-11-5-8-15-9-10-16(2)3/h4,6-7,12,15H,5,8-11H2,1-3H3. The highest BCUT2D eigenvalue weighted by atomic mass is 16.5. The zero-order chi connectivity index (χ0) is 12.5. The lowest BCUT2D eigenvalue weighted by molar-refractivity contribution is 0.306. The Morgan fingerprint density at radius 3 is 2.76 bits per heavy atom. The van der Waals surface area contributed by atoms with Gasteiger partial charge in [-0.15, -0.1) is 0 Å². The number of nitrogens with zero attached hydrogens (tertiary/aromatic N) is 1. The topological polar surface area (TPSA) is 24.5 Å². The molecule has 0 heterocycles. The summed E-state index contributed by atoms with van der Waals surface area (Å²) in [5.41, 5.74) is 1.24. The van der Waals surface area contributed by atoms with Crippen molar-refractivity contribution in [3.8, 4) is 5.75 Å². The Labute approximate surface area is 105 Å².